The second-order valence-electron chi connectivity index (χ2n) is 10.4. The van der Waals surface area contributed by atoms with Gasteiger partial charge in [0.2, 0.25) is 5.95 Å². The van der Waals surface area contributed by atoms with Gasteiger partial charge in [-0.1, -0.05) is 26.6 Å². The number of hydrogen-bond acceptors (Lipinski definition) is 8. The lowest BCUT2D eigenvalue weighted by Crippen LogP contribution is -2.42. The molecule has 4 rings (SSSR count). The average molecular weight is 486 g/mol. The largest absolute Gasteiger partial charge is 0.493 e. The van der Waals surface area contributed by atoms with Crippen LogP contribution in [0.4, 0.5) is 5.95 Å². The summed E-state index contributed by atoms with van der Waals surface area (Å²) in [5.41, 5.74) is 3.51. The summed E-state index contributed by atoms with van der Waals surface area (Å²) in [6, 6.07) is 5.45. The first kappa shape index (κ1) is 24.9. The number of likely N-dealkylation sites (tertiary alicyclic amines) is 1. The van der Waals surface area contributed by atoms with E-state index in [1.165, 1.54) is 13.0 Å². The molecule has 3 heterocycles. The van der Waals surface area contributed by atoms with Crippen molar-refractivity contribution in [2.45, 2.75) is 64.8 Å². The fourth-order valence-electron chi connectivity index (χ4n) is 4.49. The smallest absolute Gasteiger partial charge is 0.243 e. The van der Waals surface area contributed by atoms with E-state index in [0.717, 1.165) is 66.0 Å². The molecule has 1 N–H and O–H groups in total. The molecule has 0 unspecified atom stereocenters. The number of hydrogen-bond donors (Lipinski definition) is 1. The van der Waals surface area contributed by atoms with E-state index in [-0.39, 0.29) is 6.79 Å². The zero-order chi connectivity index (χ0) is 24.1. The number of piperidine rings is 1. The van der Waals surface area contributed by atoms with Crippen LogP contribution in [0.15, 0.2) is 12.1 Å². The highest BCUT2D eigenvalue weighted by Gasteiger charge is 2.25. The third-order valence-corrected chi connectivity index (χ3v) is 8.22. The summed E-state index contributed by atoms with van der Waals surface area (Å²) < 4.78 is 17.8. The number of anilines is 1. The molecule has 1 atom stereocenters. The van der Waals surface area contributed by atoms with Gasteiger partial charge in [0.15, 0.2) is 6.79 Å². The van der Waals surface area contributed by atoms with Crippen molar-refractivity contribution in [1.29, 1.82) is 0 Å². The number of nitrogens with zero attached hydrogens (tertiary/aromatic N) is 4. The Morgan fingerprint density at radius 1 is 1.24 bits per heavy atom. The molecule has 0 saturated carbocycles. The SMILES string of the molecule is CCN1CCC[C@@H](Nc2nnc(-c3ccc4c(c3OCOCC[Si](C)(C)C)CCO4)c(C)n2)C1. The van der Waals surface area contributed by atoms with Gasteiger partial charge in [0.05, 0.1) is 12.3 Å². The molecule has 1 aromatic carbocycles. The summed E-state index contributed by atoms with van der Waals surface area (Å²) in [6.07, 6.45) is 3.12. The summed E-state index contributed by atoms with van der Waals surface area (Å²) >= 11 is 0. The van der Waals surface area contributed by atoms with Gasteiger partial charge < -0.3 is 24.4 Å². The van der Waals surface area contributed by atoms with Gasteiger partial charge in [0.25, 0.3) is 0 Å². The molecule has 8 nitrogen and oxygen atoms in total. The number of rotatable bonds is 10. The van der Waals surface area contributed by atoms with Crippen LogP contribution in [0.1, 0.15) is 31.0 Å². The predicted octanol–water partition coefficient (Wildman–Crippen LogP) is 4.37. The molecule has 2 aromatic rings. The average Bonchev–Trinajstić information content (AvgIpc) is 3.28. The van der Waals surface area contributed by atoms with Crippen LogP contribution in [-0.2, 0) is 11.2 Å². The highest BCUT2D eigenvalue weighted by atomic mass is 28.3. The Morgan fingerprint density at radius 3 is 2.85 bits per heavy atom. The second-order valence-corrected chi connectivity index (χ2v) is 16.1. The third-order valence-electron chi connectivity index (χ3n) is 6.51. The highest BCUT2D eigenvalue weighted by Crippen LogP contribution is 2.41. The molecular formula is C25H39N5O3Si. The molecule has 0 aliphatic carbocycles. The minimum Gasteiger partial charge on any atom is -0.493 e. The molecule has 1 aromatic heterocycles. The standard InChI is InChI=1S/C25H39N5O3Si/c1-6-30-12-7-8-19(16-30)27-25-26-18(2)23(28-29-25)21-9-10-22-20(11-13-32-22)24(21)33-17-31-14-15-34(3,4)5/h9-10,19H,6-8,11-17H2,1-5H3,(H,26,27,29)/t19-/m1/s1. The molecule has 0 amide bonds. The lowest BCUT2D eigenvalue weighted by atomic mass is 10.0. The van der Waals surface area contributed by atoms with Crippen molar-refractivity contribution in [2.24, 2.45) is 0 Å². The number of aryl methyl sites for hydroxylation is 1. The van der Waals surface area contributed by atoms with Crippen LogP contribution in [0.25, 0.3) is 11.3 Å². The maximum absolute atomic E-state index is 6.18. The monoisotopic (exact) mass is 485 g/mol. The van der Waals surface area contributed by atoms with Gasteiger partial charge in [0.1, 0.15) is 17.2 Å². The van der Waals surface area contributed by atoms with Crippen molar-refractivity contribution in [3.63, 3.8) is 0 Å². The molecule has 2 aliphatic heterocycles. The Kier molecular flexibility index (Phi) is 8.05. The van der Waals surface area contributed by atoms with Gasteiger partial charge in [-0.2, -0.15) is 0 Å². The van der Waals surface area contributed by atoms with Gasteiger partial charge >= 0.3 is 0 Å². The summed E-state index contributed by atoms with van der Waals surface area (Å²) in [6.45, 7) is 16.1. The Balaban J connectivity index is 1.49. The third kappa shape index (κ3) is 6.25. The first-order valence-corrected chi connectivity index (χ1v) is 16.2. The van der Waals surface area contributed by atoms with Crippen molar-refractivity contribution < 1.29 is 14.2 Å². The number of aromatic nitrogens is 3. The maximum atomic E-state index is 6.18. The van der Waals surface area contributed by atoms with Crippen molar-refractivity contribution in [3.05, 3.63) is 23.4 Å². The Bertz CT molecular complexity index is 982. The molecule has 186 valence electrons. The lowest BCUT2D eigenvalue weighted by Gasteiger charge is -2.32. The van der Waals surface area contributed by atoms with Gasteiger partial charge in [-0.05, 0) is 51.0 Å². The quantitative estimate of drug-likeness (QED) is 0.302. The Labute approximate surface area is 204 Å². The van der Waals surface area contributed by atoms with Crippen LogP contribution in [0.5, 0.6) is 11.5 Å². The molecular weight excluding hydrogens is 446 g/mol. The zero-order valence-corrected chi connectivity index (χ0v) is 22.3. The van der Waals surface area contributed by atoms with Crippen LogP contribution in [0.3, 0.4) is 0 Å². The molecule has 2 aliphatic rings. The van der Waals surface area contributed by atoms with E-state index < -0.39 is 8.07 Å². The number of nitrogens with one attached hydrogen (secondary N) is 1. The van der Waals surface area contributed by atoms with Crippen LogP contribution in [0.2, 0.25) is 25.7 Å². The molecule has 1 saturated heterocycles. The van der Waals surface area contributed by atoms with E-state index in [9.17, 15) is 0 Å². The van der Waals surface area contributed by atoms with Gasteiger partial charge in [-0.3, -0.25) is 0 Å². The van der Waals surface area contributed by atoms with E-state index >= 15 is 0 Å². The lowest BCUT2D eigenvalue weighted by molar-refractivity contribution is 0.0219. The van der Waals surface area contributed by atoms with Gasteiger partial charge in [0, 0.05) is 44.8 Å². The maximum Gasteiger partial charge on any atom is 0.243 e. The van der Waals surface area contributed by atoms with Crippen LogP contribution in [0, 0.1) is 6.92 Å². The number of fused-ring (bicyclic) bond motifs is 1. The first-order valence-electron chi connectivity index (χ1n) is 12.5. The van der Waals surface area contributed by atoms with Crippen LogP contribution < -0.4 is 14.8 Å². The highest BCUT2D eigenvalue weighted by molar-refractivity contribution is 6.76. The van der Waals surface area contributed by atoms with E-state index in [1.807, 2.05) is 19.1 Å². The summed E-state index contributed by atoms with van der Waals surface area (Å²) in [4.78, 5) is 7.21. The number of ether oxygens (including phenoxy) is 3. The van der Waals surface area contributed by atoms with Crippen molar-refractivity contribution in [3.8, 4) is 22.8 Å². The van der Waals surface area contributed by atoms with Crippen LogP contribution >= 0.6 is 0 Å². The molecule has 0 radical (unpaired) electrons. The van der Waals surface area contributed by atoms with E-state index in [1.54, 1.807) is 0 Å². The molecule has 9 heteroatoms. The van der Waals surface area contributed by atoms with E-state index in [0.29, 0.717) is 25.2 Å². The Hall–Kier alpha value is -2.23. The molecule has 0 spiro atoms. The van der Waals surface area contributed by atoms with Crippen LogP contribution in [-0.4, -0.2) is 73.8 Å². The summed E-state index contributed by atoms with van der Waals surface area (Å²) in [5, 5.41) is 12.5. The Morgan fingerprint density at radius 2 is 2.09 bits per heavy atom. The number of benzene rings is 1. The zero-order valence-electron chi connectivity index (χ0n) is 21.3. The predicted molar refractivity (Wildman–Crippen MR) is 138 cm³/mol. The fourth-order valence-corrected chi connectivity index (χ4v) is 5.25. The fraction of sp³-hybridized carbons (Fsp3) is 0.640. The minimum atomic E-state index is -1.14. The van der Waals surface area contributed by atoms with Gasteiger partial charge in [-0.15, -0.1) is 10.2 Å². The molecule has 1 fully saturated rings. The van der Waals surface area contributed by atoms with E-state index in [4.69, 9.17) is 19.2 Å². The van der Waals surface area contributed by atoms with Crippen molar-refractivity contribution in [2.75, 3.05) is 45.0 Å². The van der Waals surface area contributed by atoms with Crippen molar-refractivity contribution >= 4 is 14.0 Å². The van der Waals surface area contributed by atoms with Gasteiger partial charge in [-0.25, -0.2) is 4.98 Å². The number of likely N-dealkylation sites (N-methyl/N-ethyl adjacent to an activating group) is 1. The second kappa shape index (κ2) is 11.0. The molecule has 34 heavy (non-hydrogen) atoms. The topological polar surface area (TPSA) is 81.6 Å². The summed E-state index contributed by atoms with van der Waals surface area (Å²) in [7, 11) is -1.14. The van der Waals surface area contributed by atoms with E-state index in [2.05, 4.69) is 47.0 Å². The normalized spacial score (nSPS) is 18.4. The van der Waals surface area contributed by atoms with Crippen molar-refractivity contribution in [1.82, 2.24) is 20.1 Å². The minimum absolute atomic E-state index is 0.211. The first-order chi connectivity index (χ1) is 16.3. The summed E-state index contributed by atoms with van der Waals surface area (Å²) in [5.74, 6) is 2.23. The molecule has 0 bridgehead atoms.